The first kappa shape index (κ1) is 15.1. The van der Waals surface area contributed by atoms with Gasteiger partial charge in [-0.25, -0.2) is 0 Å². The van der Waals surface area contributed by atoms with Gasteiger partial charge in [-0.2, -0.15) is 0 Å². The molecule has 106 valence electrons. The van der Waals surface area contributed by atoms with Crippen molar-refractivity contribution in [2.24, 2.45) is 0 Å². The van der Waals surface area contributed by atoms with E-state index in [4.69, 9.17) is 11.6 Å². The highest BCUT2D eigenvalue weighted by Gasteiger charge is 2.16. The summed E-state index contributed by atoms with van der Waals surface area (Å²) in [5.41, 5.74) is 2.52. The molecule has 0 fully saturated rings. The van der Waals surface area contributed by atoms with Gasteiger partial charge in [-0.15, -0.1) is 11.6 Å². The monoisotopic (exact) mass is 287 g/mol. The van der Waals surface area contributed by atoms with Crippen LogP contribution in [0.15, 0.2) is 60.7 Å². The SMILES string of the molecule is CC(C)N(Cc1ccccc1)CC(Cl)c1ccccc1. The third kappa shape index (κ3) is 4.36. The topological polar surface area (TPSA) is 3.24 Å². The number of hydrogen-bond donors (Lipinski definition) is 0. The summed E-state index contributed by atoms with van der Waals surface area (Å²) in [5.74, 6) is 0. The van der Waals surface area contributed by atoms with Crippen molar-refractivity contribution in [3.63, 3.8) is 0 Å². The lowest BCUT2D eigenvalue weighted by Crippen LogP contribution is -2.33. The van der Waals surface area contributed by atoms with Crippen LogP contribution in [0.2, 0.25) is 0 Å². The van der Waals surface area contributed by atoms with Crippen molar-refractivity contribution in [2.75, 3.05) is 6.54 Å². The number of halogens is 1. The van der Waals surface area contributed by atoms with Gasteiger partial charge in [0.05, 0.1) is 5.38 Å². The van der Waals surface area contributed by atoms with Crippen LogP contribution in [-0.2, 0) is 6.54 Å². The van der Waals surface area contributed by atoms with Crippen molar-refractivity contribution in [1.82, 2.24) is 4.90 Å². The lowest BCUT2D eigenvalue weighted by molar-refractivity contribution is 0.213. The zero-order valence-corrected chi connectivity index (χ0v) is 12.9. The lowest BCUT2D eigenvalue weighted by atomic mass is 10.1. The molecule has 0 aromatic heterocycles. The molecule has 0 saturated carbocycles. The van der Waals surface area contributed by atoms with Gasteiger partial charge in [0.25, 0.3) is 0 Å². The van der Waals surface area contributed by atoms with Gasteiger partial charge < -0.3 is 0 Å². The molecule has 0 N–H and O–H groups in total. The second kappa shape index (κ2) is 7.47. The summed E-state index contributed by atoms with van der Waals surface area (Å²) in [7, 11) is 0. The van der Waals surface area contributed by atoms with Crippen molar-refractivity contribution < 1.29 is 0 Å². The first-order valence-corrected chi connectivity index (χ1v) is 7.57. The molecule has 0 bridgehead atoms. The van der Waals surface area contributed by atoms with E-state index >= 15 is 0 Å². The van der Waals surface area contributed by atoms with Crippen LogP contribution in [0, 0.1) is 0 Å². The fourth-order valence-corrected chi connectivity index (χ4v) is 2.57. The summed E-state index contributed by atoms with van der Waals surface area (Å²) in [6, 6.07) is 21.3. The van der Waals surface area contributed by atoms with E-state index in [2.05, 4.69) is 61.2 Å². The Kier molecular flexibility index (Phi) is 5.63. The first-order valence-electron chi connectivity index (χ1n) is 7.14. The molecular formula is C18H22ClN. The Balaban J connectivity index is 2.03. The second-order valence-electron chi connectivity index (χ2n) is 5.39. The van der Waals surface area contributed by atoms with E-state index in [1.165, 1.54) is 11.1 Å². The molecule has 1 atom stereocenters. The molecule has 0 aliphatic heterocycles. The van der Waals surface area contributed by atoms with Gasteiger partial charge in [0.15, 0.2) is 0 Å². The van der Waals surface area contributed by atoms with E-state index in [1.807, 2.05) is 18.2 Å². The molecular weight excluding hydrogens is 266 g/mol. The quantitative estimate of drug-likeness (QED) is 0.685. The summed E-state index contributed by atoms with van der Waals surface area (Å²) in [4.78, 5) is 2.42. The van der Waals surface area contributed by atoms with E-state index in [-0.39, 0.29) is 5.38 Å². The van der Waals surface area contributed by atoms with Gasteiger partial charge in [-0.1, -0.05) is 60.7 Å². The van der Waals surface area contributed by atoms with Gasteiger partial charge in [-0.3, -0.25) is 4.90 Å². The van der Waals surface area contributed by atoms with Crippen LogP contribution in [-0.4, -0.2) is 17.5 Å². The highest BCUT2D eigenvalue weighted by Crippen LogP contribution is 2.23. The van der Waals surface area contributed by atoms with Crippen molar-refractivity contribution in [3.05, 3.63) is 71.8 Å². The minimum absolute atomic E-state index is 0.0299. The fourth-order valence-electron chi connectivity index (χ4n) is 2.25. The predicted octanol–water partition coefficient (Wildman–Crippen LogP) is 4.88. The maximum Gasteiger partial charge on any atom is 0.0712 e. The fraction of sp³-hybridized carbons (Fsp3) is 0.333. The zero-order chi connectivity index (χ0) is 14.4. The van der Waals surface area contributed by atoms with Crippen LogP contribution in [0.4, 0.5) is 0 Å². The Hall–Kier alpha value is -1.31. The molecule has 0 spiro atoms. The van der Waals surface area contributed by atoms with E-state index in [9.17, 15) is 0 Å². The number of alkyl halides is 1. The maximum absolute atomic E-state index is 6.57. The molecule has 1 nitrogen and oxygen atoms in total. The Labute approximate surface area is 127 Å². The number of benzene rings is 2. The standard InChI is InChI=1S/C18H22ClN/c1-15(2)20(13-16-9-5-3-6-10-16)14-18(19)17-11-7-4-8-12-17/h3-12,15,18H,13-14H2,1-2H3. The molecule has 2 aromatic rings. The van der Waals surface area contributed by atoms with Gasteiger partial charge in [-0.05, 0) is 25.0 Å². The molecule has 2 heteroatoms. The molecule has 2 rings (SSSR count). The highest BCUT2D eigenvalue weighted by molar-refractivity contribution is 6.21. The van der Waals surface area contributed by atoms with Gasteiger partial charge in [0.2, 0.25) is 0 Å². The zero-order valence-electron chi connectivity index (χ0n) is 12.2. The smallest absolute Gasteiger partial charge is 0.0712 e. The molecule has 0 saturated heterocycles. The Morgan fingerprint density at radius 2 is 1.45 bits per heavy atom. The summed E-state index contributed by atoms with van der Waals surface area (Å²) in [6.45, 7) is 6.24. The minimum Gasteiger partial charge on any atom is -0.295 e. The molecule has 0 heterocycles. The van der Waals surface area contributed by atoms with Crippen LogP contribution >= 0.6 is 11.6 Å². The molecule has 2 aromatic carbocycles. The number of rotatable bonds is 6. The highest BCUT2D eigenvalue weighted by atomic mass is 35.5. The Bertz CT molecular complexity index is 495. The van der Waals surface area contributed by atoms with E-state index < -0.39 is 0 Å². The van der Waals surface area contributed by atoms with Gasteiger partial charge in [0, 0.05) is 19.1 Å². The van der Waals surface area contributed by atoms with Gasteiger partial charge in [0.1, 0.15) is 0 Å². The molecule has 20 heavy (non-hydrogen) atoms. The number of nitrogens with zero attached hydrogens (tertiary/aromatic N) is 1. The third-order valence-corrected chi connectivity index (χ3v) is 3.90. The van der Waals surface area contributed by atoms with Crippen LogP contribution in [0.1, 0.15) is 30.4 Å². The van der Waals surface area contributed by atoms with Crippen LogP contribution in [0.3, 0.4) is 0 Å². The summed E-state index contributed by atoms with van der Waals surface area (Å²) < 4.78 is 0. The summed E-state index contributed by atoms with van der Waals surface area (Å²) in [5, 5.41) is 0.0299. The van der Waals surface area contributed by atoms with Crippen molar-refractivity contribution in [2.45, 2.75) is 31.8 Å². The Morgan fingerprint density at radius 3 is 2.00 bits per heavy atom. The normalized spacial score (nSPS) is 12.8. The largest absolute Gasteiger partial charge is 0.295 e. The molecule has 0 amide bonds. The minimum atomic E-state index is 0.0299. The second-order valence-corrected chi connectivity index (χ2v) is 5.91. The molecule has 0 aliphatic carbocycles. The van der Waals surface area contributed by atoms with Crippen LogP contribution < -0.4 is 0 Å². The van der Waals surface area contributed by atoms with E-state index in [0.29, 0.717) is 6.04 Å². The predicted molar refractivity (Wildman–Crippen MR) is 87.0 cm³/mol. The summed E-state index contributed by atoms with van der Waals surface area (Å²) >= 11 is 6.57. The van der Waals surface area contributed by atoms with Crippen LogP contribution in [0.5, 0.6) is 0 Å². The third-order valence-electron chi connectivity index (χ3n) is 3.51. The van der Waals surface area contributed by atoms with Crippen molar-refractivity contribution in [1.29, 1.82) is 0 Å². The lowest BCUT2D eigenvalue weighted by Gasteiger charge is -2.28. The number of hydrogen-bond acceptors (Lipinski definition) is 1. The molecule has 0 aliphatic rings. The Morgan fingerprint density at radius 1 is 0.900 bits per heavy atom. The molecule has 0 radical (unpaired) electrons. The molecule has 1 unspecified atom stereocenters. The van der Waals surface area contributed by atoms with Crippen LogP contribution in [0.25, 0.3) is 0 Å². The summed E-state index contributed by atoms with van der Waals surface area (Å²) in [6.07, 6.45) is 0. The van der Waals surface area contributed by atoms with Gasteiger partial charge >= 0.3 is 0 Å². The maximum atomic E-state index is 6.57. The van der Waals surface area contributed by atoms with Crippen molar-refractivity contribution >= 4 is 11.6 Å². The first-order chi connectivity index (χ1) is 9.66. The van der Waals surface area contributed by atoms with E-state index in [0.717, 1.165) is 13.1 Å². The van der Waals surface area contributed by atoms with Crippen molar-refractivity contribution in [3.8, 4) is 0 Å². The average molecular weight is 288 g/mol. The van der Waals surface area contributed by atoms with E-state index in [1.54, 1.807) is 0 Å². The average Bonchev–Trinajstić information content (AvgIpc) is 2.48.